The summed E-state index contributed by atoms with van der Waals surface area (Å²) in [6, 6.07) is 17.7. The fourth-order valence-electron chi connectivity index (χ4n) is 3.65. The Hall–Kier alpha value is -1.88. The summed E-state index contributed by atoms with van der Waals surface area (Å²) >= 11 is 1.85. The van der Waals surface area contributed by atoms with Crippen molar-refractivity contribution < 1.29 is 4.74 Å². The van der Waals surface area contributed by atoms with Crippen molar-refractivity contribution in [2.45, 2.75) is 13.0 Å². The first-order valence-electron chi connectivity index (χ1n) is 9.00. The van der Waals surface area contributed by atoms with Crippen molar-refractivity contribution in [2.75, 3.05) is 32.8 Å². The molecule has 25 heavy (non-hydrogen) atoms. The van der Waals surface area contributed by atoms with Crippen LogP contribution in [0.15, 0.2) is 53.9 Å². The molecule has 4 rings (SSSR count). The summed E-state index contributed by atoms with van der Waals surface area (Å²) in [4.78, 5) is 2.60. The van der Waals surface area contributed by atoms with Gasteiger partial charge in [0.2, 0.25) is 0 Å². The number of ether oxygens (including phenoxy) is 1. The van der Waals surface area contributed by atoms with E-state index in [1.165, 1.54) is 21.2 Å². The van der Waals surface area contributed by atoms with Gasteiger partial charge in [-0.1, -0.05) is 30.3 Å². The number of benzene rings is 2. The molecule has 2 aromatic carbocycles. The second-order valence-electron chi connectivity index (χ2n) is 6.38. The van der Waals surface area contributed by atoms with E-state index in [0.29, 0.717) is 12.6 Å². The molecular weight excluding hydrogens is 328 g/mol. The van der Waals surface area contributed by atoms with Crippen LogP contribution in [0.25, 0.3) is 10.1 Å². The minimum absolute atomic E-state index is 0.300. The van der Waals surface area contributed by atoms with E-state index >= 15 is 0 Å². The van der Waals surface area contributed by atoms with Crippen LogP contribution in [0.5, 0.6) is 5.75 Å². The van der Waals surface area contributed by atoms with Gasteiger partial charge in [-0.25, -0.2) is 0 Å². The number of nitrogens with one attached hydrogen (secondary N) is 1. The highest BCUT2D eigenvalue weighted by Gasteiger charge is 2.26. The van der Waals surface area contributed by atoms with Gasteiger partial charge in [0.1, 0.15) is 5.75 Å². The van der Waals surface area contributed by atoms with Crippen molar-refractivity contribution in [3.8, 4) is 5.75 Å². The van der Waals surface area contributed by atoms with Crippen molar-refractivity contribution in [2.24, 2.45) is 0 Å². The molecule has 0 bridgehead atoms. The molecule has 1 unspecified atom stereocenters. The van der Waals surface area contributed by atoms with E-state index in [4.69, 9.17) is 4.74 Å². The van der Waals surface area contributed by atoms with Gasteiger partial charge in [0, 0.05) is 30.9 Å². The molecule has 0 spiro atoms. The van der Waals surface area contributed by atoms with Gasteiger partial charge in [0.15, 0.2) is 0 Å². The van der Waals surface area contributed by atoms with Gasteiger partial charge in [-0.15, -0.1) is 11.3 Å². The van der Waals surface area contributed by atoms with Crippen LogP contribution in [0, 0.1) is 0 Å². The zero-order chi connectivity index (χ0) is 17.1. The van der Waals surface area contributed by atoms with E-state index in [1.807, 2.05) is 18.3 Å². The molecule has 1 aromatic heterocycles. The molecule has 130 valence electrons. The maximum Gasteiger partial charge on any atom is 0.119 e. The van der Waals surface area contributed by atoms with Crippen molar-refractivity contribution in [1.82, 2.24) is 10.2 Å². The van der Waals surface area contributed by atoms with Gasteiger partial charge in [0.25, 0.3) is 0 Å². The van der Waals surface area contributed by atoms with Crippen LogP contribution < -0.4 is 10.1 Å². The van der Waals surface area contributed by atoms with E-state index in [2.05, 4.69) is 64.1 Å². The van der Waals surface area contributed by atoms with Crippen LogP contribution in [-0.2, 0) is 0 Å². The first-order valence-corrected chi connectivity index (χ1v) is 9.88. The van der Waals surface area contributed by atoms with Crippen LogP contribution in [0.3, 0.4) is 0 Å². The minimum atomic E-state index is 0.300. The second kappa shape index (κ2) is 7.56. The van der Waals surface area contributed by atoms with Crippen molar-refractivity contribution in [3.63, 3.8) is 0 Å². The lowest BCUT2D eigenvalue weighted by Crippen LogP contribution is -2.45. The molecule has 0 amide bonds. The third-order valence-electron chi connectivity index (χ3n) is 4.83. The Balaban J connectivity index is 1.76. The highest BCUT2D eigenvalue weighted by atomic mass is 32.1. The fraction of sp³-hybridized carbons (Fsp3) is 0.333. The molecule has 0 saturated carbocycles. The average molecular weight is 353 g/mol. The Morgan fingerprint density at radius 3 is 2.60 bits per heavy atom. The Morgan fingerprint density at radius 1 is 1.08 bits per heavy atom. The molecule has 1 aliphatic rings. The summed E-state index contributed by atoms with van der Waals surface area (Å²) in [5.74, 6) is 0.945. The van der Waals surface area contributed by atoms with Crippen molar-refractivity contribution >= 4 is 21.4 Å². The summed E-state index contributed by atoms with van der Waals surface area (Å²) < 4.78 is 6.99. The minimum Gasteiger partial charge on any atom is -0.494 e. The third-order valence-corrected chi connectivity index (χ3v) is 5.81. The first kappa shape index (κ1) is 16.6. The average Bonchev–Trinajstić information content (AvgIpc) is 3.09. The van der Waals surface area contributed by atoms with E-state index in [1.54, 1.807) is 0 Å². The summed E-state index contributed by atoms with van der Waals surface area (Å²) in [6.07, 6.45) is 0. The second-order valence-corrected chi connectivity index (χ2v) is 7.29. The van der Waals surface area contributed by atoms with Crippen LogP contribution in [-0.4, -0.2) is 37.7 Å². The molecule has 1 aliphatic heterocycles. The normalized spacial score (nSPS) is 16.8. The smallest absolute Gasteiger partial charge is 0.119 e. The standard InChI is InChI=1S/C21H24N2OS/c1-2-24-17-9-7-16(8-10-17)21(23-13-11-22-12-14-23)19-15-25-20-6-4-3-5-18(19)20/h3-10,15,21-22H,2,11-14H2,1H3. The molecule has 1 fully saturated rings. The molecule has 2 heterocycles. The predicted molar refractivity (Wildman–Crippen MR) is 106 cm³/mol. The molecule has 1 N–H and O–H groups in total. The third kappa shape index (κ3) is 3.43. The molecule has 0 radical (unpaired) electrons. The number of hydrogen-bond acceptors (Lipinski definition) is 4. The fourth-order valence-corrected chi connectivity index (χ4v) is 4.63. The van der Waals surface area contributed by atoms with E-state index in [9.17, 15) is 0 Å². The molecule has 0 aliphatic carbocycles. The molecule has 3 aromatic rings. The molecule has 4 heteroatoms. The number of fused-ring (bicyclic) bond motifs is 1. The Morgan fingerprint density at radius 2 is 1.84 bits per heavy atom. The number of thiophene rings is 1. The monoisotopic (exact) mass is 352 g/mol. The van der Waals surface area contributed by atoms with Crippen molar-refractivity contribution in [1.29, 1.82) is 0 Å². The number of nitrogens with zero attached hydrogens (tertiary/aromatic N) is 1. The van der Waals surface area contributed by atoms with E-state index in [-0.39, 0.29) is 0 Å². The van der Waals surface area contributed by atoms with Gasteiger partial charge in [0.05, 0.1) is 12.6 Å². The van der Waals surface area contributed by atoms with Gasteiger partial charge >= 0.3 is 0 Å². The number of rotatable bonds is 5. The summed E-state index contributed by atoms with van der Waals surface area (Å²) in [5, 5.41) is 7.19. The zero-order valence-corrected chi connectivity index (χ0v) is 15.4. The van der Waals surface area contributed by atoms with Crippen LogP contribution in [0.1, 0.15) is 24.1 Å². The van der Waals surface area contributed by atoms with Gasteiger partial charge in [-0.3, -0.25) is 4.90 Å². The molecule has 3 nitrogen and oxygen atoms in total. The highest BCUT2D eigenvalue weighted by molar-refractivity contribution is 7.17. The van der Waals surface area contributed by atoms with Gasteiger partial charge in [-0.05, 0) is 47.0 Å². The lowest BCUT2D eigenvalue weighted by atomic mass is 9.96. The Bertz CT molecular complexity index is 821. The van der Waals surface area contributed by atoms with Crippen LogP contribution in [0.4, 0.5) is 0 Å². The van der Waals surface area contributed by atoms with E-state index < -0.39 is 0 Å². The molecule has 1 saturated heterocycles. The van der Waals surface area contributed by atoms with Crippen LogP contribution in [0.2, 0.25) is 0 Å². The molecule has 1 atom stereocenters. The van der Waals surface area contributed by atoms with Crippen molar-refractivity contribution in [3.05, 3.63) is 65.0 Å². The van der Waals surface area contributed by atoms with Crippen LogP contribution >= 0.6 is 11.3 Å². The molecular formula is C21H24N2OS. The zero-order valence-electron chi connectivity index (χ0n) is 14.6. The SMILES string of the molecule is CCOc1ccc(C(c2csc3ccccc23)N2CCNCC2)cc1. The first-order chi connectivity index (χ1) is 12.4. The quantitative estimate of drug-likeness (QED) is 0.741. The Labute approximate surface area is 153 Å². The maximum atomic E-state index is 5.63. The lowest BCUT2D eigenvalue weighted by molar-refractivity contribution is 0.199. The van der Waals surface area contributed by atoms with Gasteiger partial charge < -0.3 is 10.1 Å². The summed E-state index contributed by atoms with van der Waals surface area (Å²) in [5.41, 5.74) is 2.76. The lowest BCUT2D eigenvalue weighted by Gasteiger charge is -2.35. The predicted octanol–water partition coefficient (Wildman–Crippen LogP) is 4.29. The summed E-state index contributed by atoms with van der Waals surface area (Å²) in [7, 11) is 0. The Kier molecular flexibility index (Phi) is 5.02. The number of hydrogen-bond donors (Lipinski definition) is 1. The van der Waals surface area contributed by atoms with Gasteiger partial charge in [-0.2, -0.15) is 0 Å². The highest BCUT2D eigenvalue weighted by Crippen LogP contribution is 2.37. The maximum absolute atomic E-state index is 5.63. The largest absolute Gasteiger partial charge is 0.494 e. The topological polar surface area (TPSA) is 24.5 Å². The van der Waals surface area contributed by atoms with E-state index in [0.717, 1.165) is 31.9 Å². The number of piperazine rings is 1. The summed E-state index contributed by atoms with van der Waals surface area (Å²) in [6.45, 7) is 6.97.